The van der Waals surface area contributed by atoms with E-state index in [1.807, 2.05) is 24.3 Å². The highest BCUT2D eigenvalue weighted by Crippen LogP contribution is 2.41. The molecule has 0 spiro atoms. The maximum atomic E-state index is 13.5. The molecule has 0 saturated carbocycles. The lowest BCUT2D eigenvalue weighted by molar-refractivity contribution is 0.0970. The predicted molar refractivity (Wildman–Crippen MR) is 123 cm³/mol. The molecule has 3 aromatic carbocycles. The number of ketones is 1. The van der Waals surface area contributed by atoms with Crippen molar-refractivity contribution >= 4 is 28.3 Å². The lowest BCUT2D eigenvalue weighted by Crippen LogP contribution is -2.29. The van der Waals surface area contributed by atoms with Gasteiger partial charge in [0.15, 0.2) is 11.2 Å². The molecule has 0 bridgehead atoms. The quantitative estimate of drug-likeness (QED) is 0.417. The molecule has 0 aliphatic carbocycles. The molecule has 32 heavy (non-hydrogen) atoms. The zero-order chi connectivity index (χ0) is 22.4. The monoisotopic (exact) mass is 423 g/mol. The fraction of sp³-hybridized carbons (Fsp3) is 0.148. The van der Waals surface area contributed by atoms with E-state index >= 15 is 0 Å². The molecule has 1 unspecified atom stereocenters. The fourth-order valence-corrected chi connectivity index (χ4v) is 4.29. The molecule has 1 amide bonds. The molecule has 1 atom stereocenters. The van der Waals surface area contributed by atoms with Crippen LogP contribution in [0.4, 0.5) is 5.69 Å². The van der Waals surface area contributed by atoms with Crippen LogP contribution in [-0.2, 0) is 6.42 Å². The third-order valence-electron chi connectivity index (χ3n) is 6.03. The first-order chi connectivity index (χ1) is 15.5. The molecule has 5 rings (SSSR count). The minimum Gasteiger partial charge on any atom is -0.450 e. The number of carbonyl (C=O) groups excluding carboxylic acids is 2. The van der Waals surface area contributed by atoms with Crippen molar-refractivity contribution in [2.24, 2.45) is 0 Å². The Hall–Kier alpha value is -3.99. The van der Waals surface area contributed by atoms with Gasteiger partial charge in [-0.3, -0.25) is 19.3 Å². The second-order valence-corrected chi connectivity index (χ2v) is 7.95. The van der Waals surface area contributed by atoms with Gasteiger partial charge in [0.25, 0.3) is 5.91 Å². The third kappa shape index (κ3) is 3.05. The molecule has 1 aliphatic rings. The molecule has 5 nitrogen and oxygen atoms in total. The van der Waals surface area contributed by atoms with Crippen molar-refractivity contribution < 1.29 is 14.0 Å². The SMILES string of the molecule is CCc1ccc(C2c3c(oc4ccccc4c3=O)C(=O)N2c2ccc(C(C)=O)cc2)cc1. The number of rotatable bonds is 4. The van der Waals surface area contributed by atoms with Gasteiger partial charge < -0.3 is 4.42 Å². The minimum atomic E-state index is -0.618. The Morgan fingerprint density at radius 3 is 2.28 bits per heavy atom. The van der Waals surface area contributed by atoms with Gasteiger partial charge in [0.05, 0.1) is 17.0 Å². The Morgan fingerprint density at radius 1 is 0.938 bits per heavy atom. The van der Waals surface area contributed by atoms with Crippen LogP contribution in [-0.4, -0.2) is 11.7 Å². The second-order valence-electron chi connectivity index (χ2n) is 7.95. The molecule has 0 N–H and O–H groups in total. The van der Waals surface area contributed by atoms with E-state index in [-0.39, 0.29) is 22.9 Å². The largest absolute Gasteiger partial charge is 0.450 e. The summed E-state index contributed by atoms with van der Waals surface area (Å²) in [5.74, 6) is -0.362. The van der Waals surface area contributed by atoms with Crippen molar-refractivity contribution in [2.75, 3.05) is 4.90 Å². The van der Waals surface area contributed by atoms with Gasteiger partial charge in [-0.15, -0.1) is 0 Å². The number of para-hydroxylation sites is 1. The zero-order valence-corrected chi connectivity index (χ0v) is 17.8. The lowest BCUT2D eigenvalue weighted by atomic mass is 9.97. The Labute approximate surface area is 184 Å². The van der Waals surface area contributed by atoms with Gasteiger partial charge in [0.2, 0.25) is 5.76 Å². The van der Waals surface area contributed by atoms with Crippen LogP contribution in [0, 0.1) is 0 Å². The number of hydrogen-bond donors (Lipinski definition) is 0. The van der Waals surface area contributed by atoms with Crippen molar-refractivity contribution in [1.29, 1.82) is 0 Å². The van der Waals surface area contributed by atoms with Gasteiger partial charge in [-0.05, 0) is 60.9 Å². The van der Waals surface area contributed by atoms with Gasteiger partial charge in [-0.1, -0.05) is 43.3 Å². The average Bonchev–Trinajstić information content (AvgIpc) is 3.12. The van der Waals surface area contributed by atoms with Crippen LogP contribution in [0.1, 0.15) is 57.5 Å². The Kier molecular flexibility index (Phi) is 4.74. The van der Waals surface area contributed by atoms with E-state index in [0.717, 1.165) is 12.0 Å². The zero-order valence-electron chi connectivity index (χ0n) is 17.8. The molecular formula is C27H21NO4. The molecule has 0 saturated heterocycles. The molecule has 0 radical (unpaired) electrons. The first-order valence-corrected chi connectivity index (χ1v) is 10.6. The van der Waals surface area contributed by atoms with Crippen LogP contribution >= 0.6 is 0 Å². The molecule has 2 heterocycles. The maximum absolute atomic E-state index is 13.5. The number of amides is 1. The van der Waals surface area contributed by atoms with E-state index in [4.69, 9.17) is 4.42 Å². The number of Topliss-reactive ketones (excluding diaryl/α,β-unsaturated/α-hetero) is 1. The molecule has 158 valence electrons. The molecular weight excluding hydrogens is 402 g/mol. The molecule has 4 aromatic rings. The highest BCUT2D eigenvalue weighted by molar-refractivity contribution is 6.10. The molecule has 0 fully saturated rings. The predicted octanol–water partition coefficient (Wildman–Crippen LogP) is 5.31. The van der Waals surface area contributed by atoms with Gasteiger partial charge in [-0.2, -0.15) is 0 Å². The normalized spacial score (nSPS) is 15.2. The number of benzene rings is 3. The summed E-state index contributed by atoms with van der Waals surface area (Å²) in [6.07, 6.45) is 0.892. The van der Waals surface area contributed by atoms with Crippen LogP contribution in [0.3, 0.4) is 0 Å². The van der Waals surface area contributed by atoms with E-state index in [9.17, 15) is 14.4 Å². The van der Waals surface area contributed by atoms with Crippen LogP contribution < -0.4 is 10.3 Å². The van der Waals surface area contributed by atoms with E-state index in [2.05, 4.69) is 6.92 Å². The highest BCUT2D eigenvalue weighted by Gasteiger charge is 2.43. The van der Waals surface area contributed by atoms with Gasteiger partial charge >= 0.3 is 0 Å². The summed E-state index contributed by atoms with van der Waals surface area (Å²) in [5.41, 5.74) is 3.67. The van der Waals surface area contributed by atoms with Gasteiger partial charge in [-0.25, -0.2) is 0 Å². The molecule has 1 aromatic heterocycles. The van der Waals surface area contributed by atoms with Crippen LogP contribution in [0.2, 0.25) is 0 Å². The third-order valence-corrected chi connectivity index (χ3v) is 6.03. The summed E-state index contributed by atoms with van der Waals surface area (Å²) < 4.78 is 5.96. The molecule has 1 aliphatic heterocycles. The smallest absolute Gasteiger partial charge is 0.295 e. The maximum Gasteiger partial charge on any atom is 0.295 e. The van der Waals surface area contributed by atoms with E-state index < -0.39 is 6.04 Å². The summed E-state index contributed by atoms with van der Waals surface area (Å²) in [4.78, 5) is 40.3. The minimum absolute atomic E-state index is 0.0533. The average molecular weight is 423 g/mol. The number of hydrogen-bond acceptors (Lipinski definition) is 4. The second kappa shape index (κ2) is 7.61. The Balaban J connectivity index is 1.75. The summed E-state index contributed by atoms with van der Waals surface area (Å²) >= 11 is 0. The fourth-order valence-electron chi connectivity index (χ4n) is 4.29. The number of anilines is 1. The van der Waals surface area contributed by atoms with E-state index in [1.54, 1.807) is 53.4 Å². The number of nitrogens with zero attached hydrogens (tertiary/aromatic N) is 1. The van der Waals surface area contributed by atoms with Crippen LogP contribution in [0.25, 0.3) is 11.0 Å². The van der Waals surface area contributed by atoms with Crippen molar-refractivity contribution in [3.05, 3.63) is 111 Å². The summed E-state index contributed by atoms with van der Waals surface area (Å²) in [6.45, 7) is 3.57. The standard InChI is InChI=1S/C27H21NO4/c1-3-17-8-10-19(11-9-17)24-23-25(30)21-6-4-5-7-22(21)32-26(23)27(31)28(24)20-14-12-18(13-15-20)16(2)29/h4-15,24H,3H2,1-2H3. The summed E-state index contributed by atoms with van der Waals surface area (Å²) in [6, 6.07) is 21.1. The van der Waals surface area contributed by atoms with E-state index in [0.29, 0.717) is 27.8 Å². The first-order valence-electron chi connectivity index (χ1n) is 10.6. The summed E-state index contributed by atoms with van der Waals surface area (Å²) in [5, 5.41) is 0.447. The van der Waals surface area contributed by atoms with Crippen LogP contribution in [0.5, 0.6) is 0 Å². The van der Waals surface area contributed by atoms with Crippen molar-refractivity contribution in [2.45, 2.75) is 26.3 Å². The summed E-state index contributed by atoms with van der Waals surface area (Å²) in [7, 11) is 0. The topological polar surface area (TPSA) is 67.6 Å². The van der Waals surface area contributed by atoms with E-state index in [1.165, 1.54) is 12.5 Å². The van der Waals surface area contributed by atoms with Crippen molar-refractivity contribution in [1.82, 2.24) is 0 Å². The number of fused-ring (bicyclic) bond motifs is 2. The number of carbonyl (C=O) groups is 2. The molecule has 5 heteroatoms. The van der Waals surface area contributed by atoms with Gasteiger partial charge in [0, 0.05) is 11.3 Å². The van der Waals surface area contributed by atoms with Crippen molar-refractivity contribution in [3.63, 3.8) is 0 Å². The van der Waals surface area contributed by atoms with Crippen LogP contribution in [0.15, 0.2) is 82.0 Å². The van der Waals surface area contributed by atoms with Gasteiger partial charge in [0.1, 0.15) is 5.58 Å². The Bertz CT molecular complexity index is 1420. The first kappa shape index (κ1) is 19.9. The Morgan fingerprint density at radius 2 is 1.62 bits per heavy atom. The highest BCUT2D eigenvalue weighted by atomic mass is 16.3. The van der Waals surface area contributed by atoms with Crippen molar-refractivity contribution in [3.8, 4) is 0 Å². The lowest BCUT2D eigenvalue weighted by Gasteiger charge is -2.25. The number of aryl methyl sites for hydroxylation is 1.